The minimum absolute atomic E-state index is 0.136. The molecule has 0 unspecified atom stereocenters. The van der Waals surface area contributed by atoms with Gasteiger partial charge in [-0.25, -0.2) is 0 Å². The average Bonchev–Trinajstić information content (AvgIpc) is 3.14. The van der Waals surface area contributed by atoms with E-state index in [9.17, 15) is 4.79 Å². The standard InChI is InChI=1S/C37H75NO13/c1-3-4-5-6-7-8-9-10-11-12-37(39)51-36-35-50-34-33-49-32-31-48-30-29-47-28-27-46-26-25-45-24-23-44-22-21-43-20-19-42-18-17-41-16-15-40-14-13-38-2/h38H,3-36H2,1-2H3. The summed E-state index contributed by atoms with van der Waals surface area (Å²) in [5, 5.41) is 3.02. The Bertz CT molecular complexity index is 652. The molecule has 306 valence electrons. The van der Waals surface area contributed by atoms with E-state index >= 15 is 0 Å². The first-order chi connectivity index (χ1) is 25.3. The van der Waals surface area contributed by atoms with E-state index in [0.717, 1.165) is 19.4 Å². The lowest BCUT2D eigenvalue weighted by molar-refractivity contribution is -0.145. The number of carbonyl (C=O) groups is 1. The summed E-state index contributed by atoms with van der Waals surface area (Å²) in [6.45, 7) is 14.7. The number of unbranched alkanes of at least 4 members (excludes halogenated alkanes) is 8. The van der Waals surface area contributed by atoms with Gasteiger partial charge in [0.25, 0.3) is 0 Å². The Morgan fingerprint density at radius 3 is 0.902 bits per heavy atom. The Hall–Kier alpha value is -1.01. The second-order valence-corrected chi connectivity index (χ2v) is 11.6. The zero-order chi connectivity index (χ0) is 36.8. The molecule has 0 amide bonds. The van der Waals surface area contributed by atoms with Crippen LogP contribution in [0.3, 0.4) is 0 Å². The number of likely N-dealkylation sites (N-methyl/N-ethyl adjacent to an activating group) is 1. The quantitative estimate of drug-likeness (QED) is 0.0714. The van der Waals surface area contributed by atoms with E-state index in [1.165, 1.54) is 44.9 Å². The Balaban J connectivity index is 3.10. The van der Waals surface area contributed by atoms with Crippen LogP contribution in [-0.4, -0.2) is 172 Å². The van der Waals surface area contributed by atoms with Crippen LogP contribution in [0.2, 0.25) is 0 Å². The molecule has 0 saturated carbocycles. The molecular formula is C37H75NO13. The zero-order valence-corrected chi connectivity index (χ0v) is 32.3. The smallest absolute Gasteiger partial charge is 0.305 e. The van der Waals surface area contributed by atoms with Gasteiger partial charge in [-0.2, -0.15) is 0 Å². The van der Waals surface area contributed by atoms with E-state index in [1.807, 2.05) is 7.05 Å². The van der Waals surface area contributed by atoms with Crippen molar-refractivity contribution in [2.24, 2.45) is 0 Å². The van der Waals surface area contributed by atoms with Crippen LogP contribution in [0.25, 0.3) is 0 Å². The number of ether oxygens (including phenoxy) is 12. The van der Waals surface area contributed by atoms with Crippen molar-refractivity contribution in [1.82, 2.24) is 5.32 Å². The summed E-state index contributed by atoms with van der Waals surface area (Å²) in [4.78, 5) is 11.8. The van der Waals surface area contributed by atoms with E-state index in [2.05, 4.69) is 12.2 Å². The molecule has 51 heavy (non-hydrogen) atoms. The molecule has 0 aromatic carbocycles. The maximum absolute atomic E-state index is 11.8. The highest BCUT2D eigenvalue weighted by atomic mass is 16.6. The molecule has 0 rings (SSSR count). The van der Waals surface area contributed by atoms with E-state index in [1.54, 1.807) is 0 Å². The molecule has 0 aliphatic rings. The molecule has 0 aromatic rings. The molecule has 0 heterocycles. The average molecular weight is 742 g/mol. The lowest BCUT2D eigenvalue weighted by Gasteiger charge is -2.09. The first kappa shape index (κ1) is 50.0. The number of hydrogen-bond donors (Lipinski definition) is 1. The molecule has 0 atom stereocenters. The van der Waals surface area contributed by atoms with Gasteiger partial charge in [0.05, 0.1) is 145 Å². The SMILES string of the molecule is CCCCCCCCCCCC(=O)OCCOCCOCCOCCOCCOCCOCCOCCOCCOCCOCCOCCNC. The molecule has 0 spiro atoms. The number of nitrogens with one attached hydrogen (secondary N) is 1. The van der Waals surface area contributed by atoms with Gasteiger partial charge in [0.15, 0.2) is 0 Å². The van der Waals surface area contributed by atoms with Gasteiger partial charge in [-0.1, -0.05) is 58.3 Å². The molecular weight excluding hydrogens is 666 g/mol. The van der Waals surface area contributed by atoms with Gasteiger partial charge in [-0.05, 0) is 13.5 Å². The summed E-state index contributed by atoms with van der Waals surface area (Å²) in [6, 6.07) is 0. The molecule has 0 fully saturated rings. The first-order valence-corrected chi connectivity index (χ1v) is 19.5. The normalized spacial score (nSPS) is 11.5. The lowest BCUT2D eigenvalue weighted by atomic mass is 10.1. The van der Waals surface area contributed by atoms with Gasteiger partial charge in [0, 0.05) is 13.0 Å². The summed E-state index contributed by atoms with van der Waals surface area (Å²) < 4.78 is 65.3. The minimum Gasteiger partial charge on any atom is -0.463 e. The summed E-state index contributed by atoms with van der Waals surface area (Å²) in [6.07, 6.45) is 11.6. The fraction of sp³-hybridized carbons (Fsp3) is 0.973. The molecule has 14 nitrogen and oxygen atoms in total. The summed E-state index contributed by atoms with van der Waals surface area (Å²) in [7, 11) is 1.90. The van der Waals surface area contributed by atoms with Crippen molar-refractivity contribution in [3.05, 3.63) is 0 Å². The van der Waals surface area contributed by atoms with E-state index < -0.39 is 0 Å². The van der Waals surface area contributed by atoms with Crippen molar-refractivity contribution in [3.63, 3.8) is 0 Å². The van der Waals surface area contributed by atoms with Crippen LogP contribution < -0.4 is 5.32 Å². The molecule has 0 aliphatic carbocycles. The van der Waals surface area contributed by atoms with Gasteiger partial charge in [-0.15, -0.1) is 0 Å². The molecule has 0 radical (unpaired) electrons. The van der Waals surface area contributed by atoms with Crippen LogP contribution in [0.5, 0.6) is 0 Å². The van der Waals surface area contributed by atoms with E-state index in [4.69, 9.17) is 56.8 Å². The summed E-state index contributed by atoms with van der Waals surface area (Å²) >= 11 is 0. The second-order valence-electron chi connectivity index (χ2n) is 11.6. The fourth-order valence-electron chi connectivity index (χ4n) is 4.34. The maximum atomic E-state index is 11.8. The third-order valence-electron chi connectivity index (χ3n) is 7.19. The molecule has 0 aromatic heterocycles. The van der Waals surface area contributed by atoms with Gasteiger partial charge in [-0.3, -0.25) is 4.79 Å². The van der Waals surface area contributed by atoms with Crippen molar-refractivity contribution >= 4 is 5.97 Å². The van der Waals surface area contributed by atoms with Crippen molar-refractivity contribution in [3.8, 4) is 0 Å². The highest BCUT2D eigenvalue weighted by Crippen LogP contribution is 2.10. The first-order valence-electron chi connectivity index (χ1n) is 19.5. The third kappa shape index (κ3) is 47.0. The van der Waals surface area contributed by atoms with Crippen molar-refractivity contribution in [2.45, 2.75) is 71.1 Å². The van der Waals surface area contributed by atoms with Gasteiger partial charge in [0.2, 0.25) is 0 Å². The van der Waals surface area contributed by atoms with Crippen LogP contribution in [0.15, 0.2) is 0 Å². The summed E-state index contributed by atoms with van der Waals surface area (Å²) in [5.41, 5.74) is 0. The largest absolute Gasteiger partial charge is 0.463 e. The maximum Gasteiger partial charge on any atom is 0.305 e. The van der Waals surface area contributed by atoms with Crippen LogP contribution in [0.4, 0.5) is 0 Å². The predicted octanol–water partition coefficient (Wildman–Crippen LogP) is 3.85. The molecule has 14 heteroatoms. The highest BCUT2D eigenvalue weighted by Gasteiger charge is 2.03. The summed E-state index contributed by atoms with van der Waals surface area (Å²) in [5.74, 6) is -0.136. The number of carbonyl (C=O) groups excluding carboxylic acids is 1. The fourth-order valence-corrected chi connectivity index (χ4v) is 4.34. The molecule has 0 bridgehead atoms. The second kappa shape index (κ2) is 47.0. The van der Waals surface area contributed by atoms with E-state index in [0.29, 0.717) is 152 Å². The van der Waals surface area contributed by atoms with E-state index in [-0.39, 0.29) is 12.6 Å². The number of hydrogen-bond acceptors (Lipinski definition) is 14. The van der Waals surface area contributed by atoms with Crippen LogP contribution in [0, 0.1) is 0 Å². The van der Waals surface area contributed by atoms with Gasteiger partial charge < -0.3 is 62.2 Å². The Kier molecular flexibility index (Phi) is 46.1. The number of rotatable bonds is 46. The number of esters is 1. The predicted molar refractivity (Wildman–Crippen MR) is 196 cm³/mol. The Morgan fingerprint density at radius 2 is 0.608 bits per heavy atom. The molecule has 0 aliphatic heterocycles. The third-order valence-corrected chi connectivity index (χ3v) is 7.19. The topological polar surface area (TPSA) is 140 Å². The zero-order valence-electron chi connectivity index (χ0n) is 32.3. The van der Waals surface area contributed by atoms with Crippen LogP contribution in [-0.2, 0) is 61.6 Å². The lowest BCUT2D eigenvalue weighted by Crippen LogP contribution is -2.17. The highest BCUT2D eigenvalue weighted by molar-refractivity contribution is 5.69. The van der Waals surface area contributed by atoms with Crippen LogP contribution >= 0.6 is 0 Å². The van der Waals surface area contributed by atoms with Crippen molar-refractivity contribution in [2.75, 3.05) is 166 Å². The molecule has 1 N–H and O–H groups in total. The Morgan fingerprint density at radius 1 is 0.353 bits per heavy atom. The van der Waals surface area contributed by atoms with Crippen LogP contribution in [0.1, 0.15) is 71.1 Å². The minimum atomic E-state index is -0.136. The van der Waals surface area contributed by atoms with Gasteiger partial charge >= 0.3 is 5.97 Å². The van der Waals surface area contributed by atoms with Gasteiger partial charge in [0.1, 0.15) is 6.61 Å². The van der Waals surface area contributed by atoms with Crippen molar-refractivity contribution < 1.29 is 61.6 Å². The van der Waals surface area contributed by atoms with Crippen molar-refractivity contribution in [1.29, 1.82) is 0 Å². The molecule has 0 saturated heterocycles. The monoisotopic (exact) mass is 742 g/mol. The Labute approximate surface area is 309 Å².